The summed E-state index contributed by atoms with van der Waals surface area (Å²) in [6, 6.07) is 3.71. The zero-order chi connectivity index (χ0) is 13.7. The number of hydrogen-bond acceptors (Lipinski definition) is 5. The highest BCUT2D eigenvalue weighted by molar-refractivity contribution is 5.95. The van der Waals surface area contributed by atoms with E-state index in [0.717, 1.165) is 31.6 Å². The second-order valence-corrected chi connectivity index (χ2v) is 5.04. The number of nitrogens with one attached hydrogen (secondary N) is 1. The molecule has 104 valence electrons. The third-order valence-corrected chi connectivity index (χ3v) is 3.32. The quantitative estimate of drug-likeness (QED) is 0.317. The molecule has 0 aromatic carbocycles. The highest BCUT2D eigenvalue weighted by Crippen LogP contribution is 2.23. The van der Waals surface area contributed by atoms with Gasteiger partial charge in [0.2, 0.25) is 0 Å². The summed E-state index contributed by atoms with van der Waals surface area (Å²) in [6.07, 6.45) is 3.87. The molecule has 19 heavy (non-hydrogen) atoms. The van der Waals surface area contributed by atoms with Crippen molar-refractivity contribution in [1.29, 1.82) is 0 Å². The van der Waals surface area contributed by atoms with Crippen molar-refractivity contribution < 1.29 is 9.94 Å². The Morgan fingerprint density at radius 3 is 3.21 bits per heavy atom. The van der Waals surface area contributed by atoms with Gasteiger partial charge in [-0.1, -0.05) is 5.16 Å². The van der Waals surface area contributed by atoms with Crippen LogP contribution in [-0.2, 0) is 11.3 Å². The van der Waals surface area contributed by atoms with Gasteiger partial charge in [-0.3, -0.25) is 4.98 Å². The Morgan fingerprint density at radius 2 is 2.53 bits per heavy atom. The van der Waals surface area contributed by atoms with Crippen LogP contribution in [0.4, 0.5) is 0 Å². The number of pyridine rings is 1. The largest absolute Gasteiger partial charge is 0.409 e. The number of rotatable bonds is 5. The van der Waals surface area contributed by atoms with Gasteiger partial charge in [-0.05, 0) is 37.5 Å². The maximum absolute atomic E-state index is 8.62. The Bertz CT molecular complexity index is 456. The summed E-state index contributed by atoms with van der Waals surface area (Å²) < 4.78 is 5.71. The molecule has 0 spiro atoms. The van der Waals surface area contributed by atoms with Crippen molar-refractivity contribution >= 4 is 5.84 Å². The molecular weight excluding hydrogens is 244 g/mol. The summed E-state index contributed by atoms with van der Waals surface area (Å²) in [5.41, 5.74) is 6.97. The maximum atomic E-state index is 8.62. The lowest BCUT2D eigenvalue weighted by Crippen LogP contribution is -2.36. The van der Waals surface area contributed by atoms with Gasteiger partial charge in [0, 0.05) is 25.9 Å². The van der Waals surface area contributed by atoms with E-state index in [2.05, 4.69) is 22.4 Å². The molecule has 1 aliphatic heterocycles. The van der Waals surface area contributed by atoms with Crippen molar-refractivity contribution in [2.75, 3.05) is 13.2 Å². The summed E-state index contributed by atoms with van der Waals surface area (Å²) in [5, 5.41) is 14.9. The van der Waals surface area contributed by atoms with E-state index in [4.69, 9.17) is 15.7 Å². The fraction of sp³-hybridized carbons (Fsp3) is 0.538. The van der Waals surface area contributed by atoms with Gasteiger partial charge in [-0.15, -0.1) is 0 Å². The van der Waals surface area contributed by atoms with E-state index in [9.17, 15) is 0 Å². The van der Waals surface area contributed by atoms with Crippen LogP contribution in [0.25, 0.3) is 0 Å². The molecule has 6 nitrogen and oxygen atoms in total. The van der Waals surface area contributed by atoms with E-state index in [0.29, 0.717) is 12.2 Å². The summed E-state index contributed by atoms with van der Waals surface area (Å²) in [4.78, 5) is 4.04. The summed E-state index contributed by atoms with van der Waals surface area (Å²) >= 11 is 0. The molecule has 0 radical (unpaired) electrons. The van der Waals surface area contributed by atoms with Gasteiger partial charge in [0.05, 0.1) is 5.60 Å². The highest BCUT2D eigenvalue weighted by atomic mass is 16.5. The van der Waals surface area contributed by atoms with E-state index < -0.39 is 0 Å². The van der Waals surface area contributed by atoms with Gasteiger partial charge in [0.25, 0.3) is 0 Å². The molecule has 0 aliphatic carbocycles. The SMILES string of the molecule is CC1(CNCc2ccnc(C(N)=NO)c2)CCCO1. The van der Waals surface area contributed by atoms with Crippen LogP contribution in [0.3, 0.4) is 0 Å². The van der Waals surface area contributed by atoms with Crippen molar-refractivity contribution in [2.45, 2.75) is 31.9 Å². The monoisotopic (exact) mass is 264 g/mol. The Morgan fingerprint density at radius 1 is 1.68 bits per heavy atom. The molecule has 0 bridgehead atoms. The predicted octanol–water partition coefficient (Wildman–Crippen LogP) is 0.835. The molecule has 1 aliphatic rings. The minimum Gasteiger partial charge on any atom is -0.409 e. The Hall–Kier alpha value is -1.66. The van der Waals surface area contributed by atoms with Gasteiger partial charge in [0.1, 0.15) is 5.69 Å². The van der Waals surface area contributed by atoms with Gasteiger partial charge >= 0.3 is 0 Å². The molecule has 1 aromatic rings. The minimum absolute atomic E-state index is 0.0212. The lowest BCUT2D eigenvalue weighted by Gasteiger charge is -2.23. The molecule has 4 N–H and O–H groups in total. The molecule has 2 heterocycles. The van der Waals surface area contributed by atoms with Gasteiger partial charge in [-0.2, -0.15) is 0 Å². The molecule has 1 saturated heterocycles. The van der Waals surface area contributed by atoms with E-state index >= 15 is 0 Å². The fourth-order valence-electron chi connectivity index (χ4n) is 2.22. The average molecular weight is 264 g/mol. The van der Waals surface area contributed by atoms with Crippen LogP contribution in [0.1, 0.15) is 31.0 Å². The highest BCUT2D eigenvalue weighted by Gasteiger charge is 2.28. The molecule has 2 rings (SSSR count). The summed E-state index contributed by atoms with van der Waals surface area (Å²) in [6.45, 7) is 4.49. The third kappa shape index (κ3) is 3.65. The van der Waals surface area contributed by atoms with Crippen molar-refractivity contribution in [3.63, 3.8) is 0 Å². The van der Waals surface area contributed by atoms with Crippen LogP contribution in [0.5, 0.6) is 0 Å². The third-order valence-electron chi connectivity index (χ3n) is 3.32. The number of hydrogen-bond donors (Lipinski definition) is 3. The number of ether oxygens (including phenoxy) is 1. The van der Waals surface area contributed by atoms with Crippen LogP contribution in [0, 0.1) is 0 Å². The minimum atomic E-state index is -0.0541. The Labute approximate surface area is 112 Å². The van der Waals surface area contributed by atoms with E-state index in [1.165, 1.54) is 0 Å². The first-order valence-corrected chi connectivity index (χ1v) is 6.40. The van der Waals surface area contributed by atoms with Crippen LogP contribution in [0.15, 0.2) is 23.5 Å². The van der Waals surface area contributed by atoms with Crippen LogP contribution in [0.2, 0.25) is 0 Å². The van der Waals surface area contributed by atoms with Crippen LogP contribution >= 0.6 is 0 Å². The van der Waals surface area contributed by atoms with Crippen LogP contribution in [-0.4, -0.2) is 34.8 Å². The second-order valence-electron chi connectivity index (χ2n) is 5.04. The van der Waals surface area contributed by atoms with Crippen molar-refractivity contribution in [3.8, 4) is 0 Å². The number of oxime groups is 1. The summed E-state index contributed by atoms with van der Waals surface area (Å²) in [5.74, 6) is 0.0212. The topological polar surface area (TPSA) is 92.8 Å². The Balaban J connectivity index is 1.89. The molecule has 6 heteroatoms. The smallest absolute Gasteiger partial charge is 0.188 e. The lowest BCUT2D eigenvalue weighted by atomic mass is 10.0. The number of nitrogens with two attached hydrogens (primary N) is 1. The zero-order valence-corrected chi connectivity index (χ0v) is 11.1. The first kappa shape index (κ1) is 13.8. The van der Waals surface area contributed by atoms with E-state index in [1.54, 1.807) is 12.3 Å². The maximum Gasteiger partial charge on any atom is 0.188 e. The van der Waals surface area contributed by atoms with Crippen molar-refractivity contribution in [3.05, 3.63) is 29.6 Å². The van der Waals surface area contributed by atoms with Crippen molar-refractivity contribution in [2.24, 2.45) is 10.9 Å². The van der Waals surface area contributed by atoms with Gasteiger partial charge in [-0.25, -0.2) is 0 Å². The summed E-state index contributed by atoms with van der Waals surface area (Å²) in [7, 11) is 0. The molecule has 1 atom stereocenters. The van der Waals surface area contributed by atoms with Crippen LogP contribution < -0.4 is 11.1 Å². The average Bonchev–Trinajstić information content (AvgIpc) is 2.85. The second kappa shape index (κ2) is 5.99. The Kier molecular flexibility index (Phi) is 4.34. The number of nitrogens with zero attached hydrogens (tertiary/aromatic N) is 2. The zero-order valence-electron chi connectivity index (χ0n) is 11.1. The predicted molar refractivity (Wildman–Crippen MR) is 72.0 cm³/mol. The van der Waals surface area contributed by atoms with E-state index in [1.807, 2.05) is 6.07 Å². The molecule has 1 aromatic heterocycles. The first-order chi connectivity index (χ1) is 9.13. The van der Waals surface area contributed by atoms with E-state index in [-0.39, 0.29) is 11.4 Å². The van der Waals surface area contributed by atoms with Crippen molar-refractivity contribution in [1.82, 2.24) is 10.3 Å². The number of aromatic nitrogens is 1. The molecule has 1 fully saturated rings. The molecule has 0 saturated carbocycles. The molecule has 0 amide bonds. The van der Waals surface area contributed by atoms with Gasteiger partial charge < -0.3 is 21.0 Å². The normalized spacial score (nSPS) is 23.7. The van der Waals surface area contributed by atoms with Gasteiger partial charge in [0.15, 0.2) is 5.84 Å². The fourth-order valence-corrected chi connectivity index (χ4v) is 2.22. The molecule has 1 unspecified atom stereocenters. The lowest BCUT2D eigenvalue weighted by molar-refractivity contribution is 0.0207. The first-order valence-electron chi connectivity index (χ1n) is 6.40. The number of amidine groups is 1. The standard InChI is InChI=1S/C13H20N4O2/c1-13(4-2-6-19-13)9-15-8-10-3-5-16-11(7-10)12(14)17-18/h3,5,7,15,18H,2,4,6,8-9H2,1H3,(H2,14,17). The molecular formula is C13H20N4O2.